The van der Waals surface area contributed by atoms with Crippen LogP contribution in [0.25, 0.3) is 0 Å². The van der Waals surface area contributed by atoms with E-state index in [9.17, 15) is 4.79 Å². The molecule has 0 fully saturated rings. The number of unbranched alkanes of at least 4 members (excludes halogenated alkanes) is 4. The Kier molecular flexibility index (Phi) is 9.59. The highest BCUT2D eigenvalue weighted by molar-refractivity contribution is 5.75. The second kappa shape index (κ2) is 9.97. The number of primary amides is 1. The zero-order valence-corrected chi connectivity index (χ0v) is 10.3. The van der Waals surface area contributed by atoms with Gasteiger partial charge in [-0.3, -0.25) is 9.69 Å². The lowest BCUT2D eigenvalue weighted by atomic mass is 10.2. The number of nitrogens with two attached hydrogens (primary N) is 1. The SMILES string of the molecule is CCCCCCN(CCCC)CC(N)=O. The molecule has 0 aromatic heterocycles. The van der Waals surface area contributed by atoms with Crippen LogP contribution in [0.2, 0.25) is 0 Å². The van der Waals surface area contributed by atoms with E-state index < -0.39 is 0 Å². The number of carbonyl (C=O) groups is 1. The van der Waals surface area contributed by atoms with E-state index in [0.717, 1.165) is 19.5 Å². The van der Waals surface area contributed by atoms with Gasteiger partial charge < -0.3 is 5.73 Å². The van der Waals surface area contributed by atoms with Gasteiger partial charge in [0, 0.05) is 0 Å². The van der Waals surface area contributed by atoms with Crippen molar-refractivity contribution in [2.24, 2.45) is 5.73 Å². The molecule has 0 spiro atoms. The van der Waals surface area contributed by atoms with Gasteiger partial charge in [0.2, 0.25) is 5.91 Å². The fraction of sp³-hybridized carbons (Fsp3) is 0.917. The molecule has 0 saturated heterocycles. The number of rotatable bonds is 10. The molecule has 0 rings (SSSR count). The van der Waals surface area contributed by atoms with Crippen molar-refractivity contribution >= 4 is 5.91 Å². The molecule has 0 radical (unpaired) electrons. The van der Waals surface area contributed by atoms with Crippen molar-refractivity contribution in [2.45, 2.75) is 52.4 Å². The zero-order valence-electron chi connectivity index (χ0n) is 10.3. The van der Waals surface area contributed by atoms with Crippen molar-refractivity contribution in [3.63, 3.8) is 0 Å². The maximum atomic E-state index is 10.8. The van der Waals surface area contributed by atoms with Crippen LogP contribution in [0.3, 0.4) is 0 Å². The fourth-order valence-corrected chi connectivity index (χ4v) is 1.63. The van der Waals surface area contributed by atoms with Crippen molar-refractivity contribution in [1.82, 2.24) is 4.90 Å². The molecule has 3 nitrogen and oxygen atoms in total. The molecule has 0 aromatic carbocycles. The predicted molar refractivity (Wildman–Crippen MR) is 64.7 cm³/mol. The Balaban J connectivity index is 3.64. The van der Waals surface area contributed by atoms with E-state index in [1.807, 2.05) is 0 Å². The zero-order chi connectivity index (χ0) is 11.5. The number of amides is 1. The van der Waals surface area contributed by atoms with Crippen molar-refractivity contribution in [1.29, 1.82) is 0 Å². The molecule has 0 bridgehead atoms. The smallest absolute Gasteiger partial charge is 0.231 e. The van der Waals surface area contributed by atoms with Gasteiger partial charge in [0.25, 0.3) is 0 Å². The molecule has 0 aliphatic rings. The summed E-state index contributed by atoms with van der Waals surface area (Å²) >= 11 is 0. The van der Waals surface area contributed by atoms with Gasteiger partial charge in [-0.05, 0) is 25.9 Å². The molecule has 0 saturated carbocycles. The Morgan fingerprint density at radius 1 is 1.00 bits per heavy atom. The Bertz CT molecular complexity index is 160. The van der Waals surface area contributed by atoms with Crippen molar-refractivity contribution in [2.75, 3.05) is 19.6 Å². The first-order chi connectivity index (χ1) is 7.20. The Hall–Kier alpha value is -0.570. The summed E-state index contributed by atoms with van der Waals surface area (Å²) in [5, 5.41) is 0. The minimum atomic E-state index is -0.207. The molecule has 0 aliphatic carbocycles. The van der Waals surface area contributed by atoms with Crippen LogP contribution in [0.1, 0.15) is 52.4 Å². The fourth-order valence-electron chi connectivity index (χ4n) is 1.63. The summed E-state index contributed by atoms with van der Waals surface area (Å²) in [6.45, 7) is 6.82. The lowest BCUT2D eigenvalue weighted by Gasteiger charge is -2.20. The topological polar surface area (TPSA) is 46.3 Å². The monoisotopic (exact) mass is 214 g/mol. The van der Waals surface area contributed by atoms with Crippen molar-refractivity contribution in [3.05, 3.63) is 0 Å². The highest BCUT2D eigenvalue weighted by Gasteiger charge is 2.06. The minimum absolute atomic E-state index is 0.207. The van der Waals surface area contributed by atoms with E-state index in [1.54, 1.807) is 0 Å². The summed E-state index contributed by atoms with van der Waals surface area (Å²) in [6.07, 6.45) is 7.32. The van der Waals surface area contributed by atoms with Gasteiger partial charge in [0.05, 0.1) is 6.54 Å². The number of hydrogen-bond acceptors (Lipinski definition) is 2. The molecule has 0 aromatic rings. The van der Waals surface area contributed by atoms with Crippen LogP contribution in [0.4, 0.5) is 0 Å². The predicted octanol–water partition coefficient (Wildman–Crippen LogP) is 2.15. The molecule has 3 heteroatoms. The Morgan fingerprint density at radius 3 is 2.13 bits per heavy atom. The molecule has 1 amide bonds. The molecule has 0 atom stereocenters. The maximum Gasteiger partial charge on any atom is 0.231 e. The number of carbonyl (C=O) groups excluding carboxylic acids is 1. The van der Waals surface area contributed by atoms with Gasteiger partial charge >= 0.3 is 0 Å². The molecular formula is C12H26N2O. The maximum absolute atomic E-state index is 10.8. The van der Waals surface area contributed by atoms with Gasteiger partial charge in [0.1, 0.15) is 0 Å². The highest BCUT2D eigenvalue weighted by atomic mass is 16.1. The van der Waals surface area contributed by atoms with E-state index >= 15 is 0 Å². The van der Waals surface area contributed by atoms with Gasteiger partial charge in [-0.2, -0.15) is 0 Å². The summed E-state index contributed by atoms with van der Waals surface area (Å²) in [5.41, 5.74) is 5.21. The van der Waals surface area contributed by atoms with Crippen molar-refractivity contribution in [3.8, 4) is 0 Å². The molecule has 0 aliphatic heterocycles. The summed E-state index contributed by atoms with van der Waals surface area (Å²) in [7, 11) is 0. The third-order valence-corrected chi connectivity index (χ3v) is 2.54. The standard InChI is InChI=1S/C12H26N2O/c1-3-5-7-8-10-14(9-6-4-2)11-12(13)15/h3-11H2,1-2H3,(H2,13,15). The van der Waals surface area contributed by atoms with Crippen molar-refractivity contribution < 1.29 is 4.79 Å². The number of nitrogens with zero attached hydrogens (tertiary/aromatic N) is 1. The third-order valence-electron chi connectivity index (χ3n) is 2.54. The molecule has 0 unspecified atom stereocenters. The van der Waals surface area contributed by atoms with Crippen LogP contribution in [-0.2, 0) is 4.79 Å². The summed E-state index contributed by atoms with van der Waals surface area (Å²) in [6, 6.07) is 0. The molecular weight excluding hydrogens is 188 g/mol. The first kappa shape index (κ1) is 14.4. The second-order valence-electron chi connectivity index (χ2n) is 4.16. The average molecular weight is 214 g/mol. The lowest BCUT2D eigenvalue weighted by molar-refractivity contribution is -0.119. The van der Waals surface area contributed by atoms with Crippen LogP contribution in [-0.4, -0.2) is 30.4 Å². The van der Waals surface area contributed by atoms with Gasteiger partial charge in [-0.15, -0.1) is 0 Å². The van der Waals surface area contributed by atoms with E-state index in [1.165, 1.54) is 32.1 Å². The quantitative estimate of drug-likeness (QED) is 0.566. The molecule has 0 heterocycles. The summed E-state index contributed by atoms with van der Waals surface area (Å²) < 4.78 is 0. The van der Waals surface area contributed by atoms with Crippen LogP contribution < -0.4 is 5.73 Å². The Labute approximate surface area is 94.0 Å². The molecule has 90 valence electrons. The van der Waals surface area contributed by atoms with E-state index in [4.69, 9.17) is 5.73 Å². The van der Waals surface area contributed by atoms with Crippen LogP contribution in [0, 0.1) is 0 Å². The summed E-state index contributed by atoms with van der Waals surface area (Å²) in [4.78, 5) is 13.0. The highest BCUT2D eigenvalue weighted by Crippen LogP contribution is 2.02. The van der Waals surface area contributed by atoms with E-state index in [0.29, 0.717) is 6.54 Å². The van der Waals surface area contributed by atoms with E-state index in [2.05, 4.69) is 18.7 Å². The largest absolute Gasteiger partial charge is 0.369 e. The van der Waals surface area contributed by atoms with Crippen LogP contribution in [0.5, 0.6) is 0 Å². The lowest BCUT2D eigenvalue weighted by Crippen LogP contribution is -2.35. The van der Waals surface area contributed by atoms with Gasteiger partial charge in [0.15, 0.2) is 0 Å². The minimum Gasteiger partial charge on any atom is -0.369 e. The Morgan fingerprint density at radius 2 is 1.60 bits per heavy atom. The molecule has 15 heavy (non-hydrogen) atoms. The third kappa shape index (κ3) is 9.73. The van der Waals surface area contributed by atoms with Gasteiger partial charge in [-0.1, -0.05) is 39.5 Å². The van der Waals surface area contributed by atoms with Gasteiger partial charge in [-0.25, -0.2) is 0 Å². The normalized spacial score (nSPS) is 10.9. The summed E-state index contributed by atoms with van der Waals surface area (Å²) in [5.74, 6) is -0.207. The average Bonchev–Trinajstić information content (AvgIpc) is 2.19. The first-order valence-corrected chi connectivity index (χ1v) is 6.21. The van der Waals surface area contributed by atoms with Crippen LogP contribution >= 0.6 is 0 Å². The number of hydrogen-bond donors (Lipinski definition) is 1. The van der Waals surface area contributed by atoms with E-state index in [-0.39, 0.29) is 5.91 Å². The first-order valence-electron chi connectivity index (χ1n) is 6.21. The molecule has 2 N–H and O–H groups in total. The van der Waals surface area contributed by atoms with Crippen LogP contribution in [0.15, 0.2) is 0 Å². The second-order valence-corrected chi connectivity index (χ2v) is 4.16.